The van der Waals surface area contributed by atoms with Gasteiger partial charge in [0.1, 0.15) is 5.75 Å². The molecule has 2 aromatic rings. The Kier molecular flexibility index (Phi) is 5.46. The lowest BCUT2D eigenvalue weighted by Gasteiger charge is -2.15. The van der Waals surface area contributed by atoms with E-state index in [4.69, 9.17) is 16.3 Å². The summed E-state index contributed by atoms with van der Waals surface area (Å²) in [6, 6.07) is 14.3. The molecule has 2 nitrogen and oxygen atoms in total. The van der Waals surface area contributed by atoms with Gasteiger partial charge in [0.05, 0.1) is 11.6 Å². The van der Waals surface area contributed by atoms with Gasteiger partial charge in [-0.15, -0.1) is 0 Å². The minimum atomic E-state index is 0.271. The molecule has 0 saturated carbocycles. The molecule has 0 heterocycles. The molecule has 0 amide bonds. The van der Waals surface area contributed by atoms with Crippen molar-refractivity contribution in [1.82, 2.24) is 5.32 Å². The Morgan fingerprint density at radius 1 is 1.20 bits per heavy atom. The van der Waals surface area contributed by atoms with Gasteiger partial charge < -0.3 is 10.1 Å². The molecule has 0 aromatic heterocycles. The number of nitrogens with one attached hydrogen (secondary N) is 1. The zero-order chi connectivity index (χ0) is 14.5. The highest BCUT2D eigenvalue weighted by molar-refractivity contribution is 9.10. The number of methoxy groups -OCH3 is 1. The topological polar surface area (TPSA) is 21.3 Å². The molecule has 0 bridgehead atoms. The van der Waals surface area contributed by atoms with E-state index in [1.807, 2.05) is 30.3 Å². The summed E-state index contributed by atoms with van der Waals surface area (Å²) in [4.78, 5) is 0. The molecule has 0 saturated heterocycles. The average Bonchev–Trinajstić information content (AvgIpc) is 2.45. The van der Waals surface area contributed by atoms with Gasteiger partial charge in [0.15, 0.2) is 0 Å². The Hall–Kier alpha value is -1.03. The molecule has 4 heteroatoms. The molecular formula is C16H17BrClNO. The number of hydrogen-bond acceptors (Lipinski definition) is 2. The zero-order valence-corrected chi connectivity index (χ0v) is 13.8. The summed E-state index contributed by atoms with van der Waals surface area (Å²) >= 11 is 9.40. The molecular weight excluding hydrogens is 338 g/mol. The van der Waals surface area contributed by atoms with Crippen molar-refractivity contribution >= 4 is 27.5 Å². The summed E-state index contributed by atoms with van der Waals surface area (Å²) in [5, 5.41) is 4.26. The molecule has 2 rings (SSSR count). The average molecular weight is 355 g/mol. The number of ether oxygens (including phenoxy) is 1. The third-order valence-corrected chi connectivity index (χ3v) is 4.07. The van der Waals surface area contributed by atoms with Crippen molar-refractivity contribution in [2.24, 2.45) is 0 Å². The van der Waals surface area contributed by atoms with Gasteiger partial charge in [0, 0.05) is 17.6 Å². The lowest BCUT2D eigenvalue weighted by atomic mass is 10.1. The SMILES string of the molecule is COc1ccc(CNC(C)c2ccc(Cl)cc2)cc1Br. The molecule has 20 heavy (non-hydrogen) atoms. The predicted octanol–water partition coefficient (Wildman–Crippen LogP) is 4.96. The van der Waals surface area contributed by atoms with Gasteiger partial charge in [-0.3, -0.25) is 0 Å². The minimum absolute atomic E-state index is 0.271. The molecule has 0 spiro atoms. The molecule has 106 valence electrons. The predicted molar refractivity (Wildman–Crippen MR) is 87.4 cm³/mol. The van der Waals surface area contributed by atoms with Gasteiger partial charge in [-0.25, -0.2) is 0 Å². The fraction of sp³-hybridized carbons (Fsp3) is 0.250. The number of hydrogen-bond donors (Lipinski definition) is 1. The van der Waals surface area contributed by atoms with Crippen molar-refractivity contribution in [2.45, 2.75) is 19.5 Å². The lowest BCUT2D eigenvalue weighted by molar-refractivity contribution is 0.412. The first-order chi connectivity index (χ1) is 9.60. The first-order valence-electron chi connectivity index (χ1n) is 6.41. The van der Waals surface area contributed by atoms with Crippen molar-refractivity contribution in [3.05, 3.63) is 63.1 Å². The Balaban J connectivity index is 1.97. The molecule has 1 unspecified atom stereocenters. The molecule has 0 aliphatic carbocycles. The van der Waals surface area contributed by atoms with Crippen LogP contribution in [-0.2, 0) is 6.54 Å². The fourth-order valence-electron chi connectivity index (χ4n) is 1.96. The monoisotopic (exact) mass is 353 g/mol. The first-order valence-corrected chi connectivity index (χ1v) is 7.58. The largest absolute Gasteiger partial charge is 0.496 e. The quantitative estimate of drug-likeness (QED) is 0.819. The Bertz CT molecular complexity index is 571. The van der Waals surface area contributed by atoms with Gasteiger partial charge in [-0.2, -0.15) is 0 Å². The van der Waals surface area contributed by atoms with Crippen molar-refractivity contribution in [1.29, 1.82) is 0 Å². The molecule has 0 radical (unpaired) electrons. The molecule has 0 aliphatic heterocycles. The second-order valence-electron chi connectivity index (χ2n) is 4.62. The highest BCUT2D eigenvalue weighted by Crippen LogP contribution is 2.25. The zero-order valence-electron chi connectivity index (χ0n) is 11.5. The summed E-state index contributed by atoms with van der Waals surface area (Å²) in [7, 11) is 1.67. The summed E-state index contributed by atoms with van der Waals surface area (Å²) < 4.78 is 6.20. The molecule has 1 atom stereocenters. The maximum Gasteiger partial charge on any atom is 0.133 e. The van der Waals surface area contributed by atoms with Crippen LogP contribution in [0.5, 0.6) is 5.75 Å². The van der Waals surface area contributed by atoms with Gasteiger partial charge in [0.2, 0.25) is 0 Å². The van der Waals surface area contributed by atoms with E-state index < -0.39 is 0 Å². The third-order valence-electron chi connectivity index (χ3n) is 3.20. The normalized spacial score (nSPS) is 12.2. The van der Waals surface area contributed by atoms with Crippen LogP contribution < -0.4 is 10.1 Å². The van der Waals surface area contributed by atoms with Crippen molar-refractivity contribution in [3.63, 3.8) is 0 Å². The smallest absolute Gasteiger partial charge is 0.133 e. The maximum atomic E-state index is 5.90. The van der Waals surface area contributed by atoms with Gasteiger partial charge in [0.25, 0.3) is 0 Å². The van der Waals surface area contributed by atoms with Crippen LogP contribution >= 0.6 is 27.5 Å². The molecule has 0 aliphatic rings. The van der Waals surface area contributed by atoms with Crippen LogP contribution in [0, 0.1) is 0 Å². The molecule has 2 aromatic carbocycles. The highest BCUT2D eigenvalue weighted by Gasteiger charge is 2.06. The van der Waals surface area contributed by atoms with Gasteiger partial charge in [-0.05, 0) is 58.2 Å². The number of rotatable bonds is 5. The lowest BCUT2D eigenvalue weighted by Crippen LogP contribution is -2.18. The second-order valence-corrected chi connectivity index (χ2v) is 5.91. The van der Waals surface area contributed by atoms with Crippen molar-refractivity contribution in [3.8, 4) is 5.75 Å². The van der Waals surface area contributed by atoms with E-state index in [0.29, 0.717) is 0 Å². The minimum Gasteiger partial charge on any atom is -0.496 e. The Morgan fingerprint density at radius 3 is 2.50 bits per heavy atom. The summed E-state index contributed by atoms with van der Waals surface area (Å²) in [5.41, 5.74) is 2.43. The van der Waals surface area contributed by atoms with Crippen molar-refractivity contribution in [2.75, 3.05) is 7.11 Å². The van der Waals surface area contributed by atoms with Gasteiger partial charge >= 0.3 is 0 Å². The number of halogens is 2. The molecule has 1 N–H and O–H groups in total. The summed E-state index contributed by atoms with van der Waals surface area (Å²) in [6.07, 6.45) is 0. The van der Waals surface area contributed by atoms with Crippen LogP contribution in [0.25, 0.3) is 0 Å². The molecule has 0 fully saturated rings. The Morgan fingerprint density at radius 2 is 1.90 bits per heavy atom. The van der Waals surface area contributed by atoms with Gasteiger partial charge in [-0.1, -0.05) is 29.8 Å². The van der Waals surface area contributed by atoms with Crippen LogP contribution in [0.1, 0.15) is 24.1 Å². The van der Waals surface area contributed by atoms with E-state index in [1.54, 1.807) is 7.11 Å². The Labute approximate surface area is 133 Å². The summed E-state index contributed by atoms with van der Waals surface area (Å²) in [6.45, 7) is 2.94. The van der Waals surface area contributed by atoms with E-state index in [-0.39, 0.29) is 6.04 Å². The fourth-order valence-corrected chi connectivity index (χ4v) is 2.67. The standard InChI is InChI=1S/C16H17BrClNO/c1-11(13-4-6-14(18)7-5-13)19-10-12-3-8-16(20-2)15(17)9-12/h3-9,11,19H,10H2,1-2H3. The van der Waals surface area contributed by atoms with Crippen LogP contribution in [-0.4, -0.2) is 7.11 Å². The van der Waals surface area contributed by atoms with Crippen LogP contribution in [0.15, 0.2) is 46.9 Å². The third kappa shape index (κ3) is 3.98. The van der Waals surface area contributed by atoms with E-state index in [9.17, 15) is 0 Å². The number of benzene rings is 2. The van der Waals surface area contributed by atoms with E-state index in [0.717, 1.165) is 21.8 Å². The summed E-state index contributed by atoms with van der Waals surface area (Å²) in [5.74, 6) is 0.847. The highest BCUT2D eigenvalue weighted by atomic mass is 79.9. The van der Waals surface area contributed by atoms with Crippen molar-refractivity contribution < 1.29 is 4.74 Å². The van der Waals surface area contributed by atoms with E-state index >= 15 is 0 Å². The maximum absolute atomic E-state index is 5.90. The van der Waals surface area contributed by atoms with E-state index in [2.05, 4.69) is 40.3 Å². The van der Waals surface area contributed by atoms with Crippen LogP contribution in [0.3, 0.4) is 0 Å². The van der Waals surface area contributed by atoms with Crippen LogP contribution in [0.4, 0.5) is 0 Å². The van der Waals surface area contributed by atoms with E-state index in [1.165, 1.54) is 11.1 Å². The second kappa shape index (κ2) is 7.11. The van der Waals surface area contributed by atoms with Crippen LogP contribution in [0.2, 0.25) is 5.02 Å². The first kappa shape index (κ1) is 15.4.